The number of ether oxygens (including phenoxy) is 2. The van der Waals surface area contributed by atoms with Crippen LogP contribution < -0.4 is 14.8 Å². The lowest BCUT2D eigenvalue weighted by atomic mass is 10.0. The van der Waals surface area contributed by atoms with Crippen LogP contribution in [0.15, 0.2) is 18.2 Å². The van der Waals surface area contributed by atoms with Crippen LogP contribution in [0.4, 0.5) is 5.69 Å². The van der Waals surface area contributed by atoms with Gasteiger partial charge in [0.1, 0.15) is 13.2 Å². The van der Waals surface area contributed by atoms with Crippen LogP contribution in [-0.4, -0.2) is 78.3 Å². The normalized spacial score (nSPS) is 18.7. The summed E-state index contributed by atoms with van der Waals surface area (Å²) in [6, 6.07) is 5.41. The Labute approximate surface area is 165 Å². The maximum atomic E-state index is 12.7. The minimum Gasteiger partial charge on any atom is -0.486 e. The van der Waals surface area contributed by atoms with Gasteiger partial charge >= 0.3 is 5.97 Å². The zero-order valence-corrected chi connectivity index (χ0v) is 16.5. The van der Waals surface area contributed by atoms with Gasteiger partial charge in [0.25, 0.3) is 0 Å². The third-order valence-electron chi connectivity index (χ3n) is 5.50. The number of fused-ring (bicyclic) bond motifs is 1. The van der Waals surface area contributed by atoms with Crippen molar-refractivity contribution in [3.05, 3.63) is 18.2 Å². The number of rotatable bonds is 7. The predicted octanol–water partition coefficient (Wildman–Crippen LogP) is 1.66. The fourth-order valence-electron chi connectivity index (χ4n) is 3.84. The molecule has 8 heteroatoms. The molecule has 3 rings (SSSR count). The number of carbonyl (C=O) groups is 2. The Morgan fingerprint density at radius 1 is 1.25 bits per heavy atom. The van der Waals surface area contributed by atoms with Crippen LogP contribution in [0.5, 0.6) is 11.5 Å². The standard InChI is InChI=1S/C20H29N3O5/c1-3-22(13-19(24)25)16-6-8-23(9-7-16)14(2)20(26)21-15-4-5-17-18(12-15)28-11-10-27-17/h4-5,12,14,16H,3,6-11,13H2,1-2H3,(H,21,26)(H,24,25). The second kappa shape index (κ2) is 9.25. The van der Waals surface area contributed by atoms with Gasteiger partial charge in [0, 0.05) is 30.9 Å². The molecule has 2 aliphatic heterocycles. The summed E-state index contributed by atoms with van der Waals surface area (Å²) in [5.41, 5.74) is 0.689. The number of nitrogens with zero attached hydrogens (tertiary/aromatic N) is 2. The summed E-state index contributed by atoms with van der Waals surface area (Å²) in [7, 11) is 0. The summed E-state index contributed by atoms with van der Waals surface area (Å²) in [5, 5.41) is 12.0. The fraction of sp³-hybridized carbons (Fsp3) is 0.600. The molecular formula is C20H29N3O5. The van der Waals surface area contributed by atoms with Gasteiger partial charge in [-0.25, -0.2) is 0 Å². The van der Waals surface area contributed by atoms with Crippen molar-refractivity contribution in [1.29, 1.82) is 0 Å². The van der Waals surface area contributed by atoms with Crippen LogP contribution in [0.3, 0.4) is 0 Å². The van der Waals surface area contributed by atoms with E-state index in [2.05, 4.69) is 10.2 Å². The van der Waals surface area contributed by atoms with Gasteiger partial charge in [-0.2, -0.15) is 0 Å². The number of hydrogen-bond donors (Lipinski definition) is 2. The summed E-state index contributed by atoms with van der Waals surface area (Å²) in [4.78, 5) is 27.8. The van der Waals surface area contributed by atoms with E-state index < -0.39 is 5.97 Å². The molecule has 154 valence electrons. The maximum absolute atomic E-state index is 12.7. The van der Waals surface area contributed by atoms with Crippen LogP contribution >= 0.6 is 0 Å². The number of carbonyl (C=O) groups excluding carboxylic acids is 1. The van der Waals surface area contributed by atoms with E-state index in [0.717, 1.165) is 32.5 Å². The van der Waals surface area contributed by atoms with Gasteiger partial charge in [0.05, 0.1) is 12.6 Å². The molecule has 1 atom stereocenters. The number of hydrogen-bond acceptors (Lipinski definition) is 6. The summed E-state index contributed by atoms with van der Waals surface area (Å²) in [6.07, 6.45) is 1.73. The van der Waals surface area contributed by atoms with E-state index in [1.54, 1.807) is 6.07 Å². The zero-order chi connectivity index (χ0) is 20.1. The number of aliphatic carboxylic acids is 1. The lowest BCUT2D eigenvalue weighted by Gasteiger charge is -2.39. The average molecular weight is 391 g/mol. The summed E-state index contributed by atoms with van der Waals surface area (Å²) in [6.45, 7) is 7.27. The van der Waals surface area contributed by atoms with E-state index in [0.29, 0.717) is 30.4 Å². The highest BCUT2D eigenvalue weighted by atomic mass is 16.6. The first-order chi connectivity index (χ1) is 13.5. The van der Waals surface area contributed by atoms with Gasteiger partial charge in [-0.15, -0.1) is 0 Å². The Hall–Kier alpha value is -2.32. The van der Waals surface area contributed by atoms with E-state index >= 15 is 0 Å². The highest BCUT2D eigenvalue weighted by molar-refractivity contribution is 5.94. The molecule has 1 unspecified atom stereocenters. The molecule has 1 amide bonds. The van der Waals surface area contributed by atoms with E-state index in [1.165, 1.54) is 0 Å². The first kappa shape index (κ1) is 20.4. The third kappa shape index (κ3) is 4.94. The molecule has 2 heterocycles. The number of anilines is 1. The Morgan fingerprint density at radius 2 is 1.93 bits per heavy atom. The van der Waals surface area contributed by atoms with Crippen LogP contribution in [0, 0.1) is 0 Å². The molecule has 2 N–H and O–H groups in total. The Balaban J connectivity index is 1.52. The minimum absolute atomic E-state index is 0.0620. The van der Waals surface area contributed by atoms with Gasteiger partial charge in [-0.3, -0.25) is 19.4 Å². The minimum atomic E-state index is -0.795. The molecule has 2 aliphatic rings. The molecule has 1 saturated heterocycles. The second-order valence-electron chi connectivity index (χ2n) is 7.25. The van der Waals surface area contributed by atoms with Crippen molar-refractivity contribution in [2.45, 2.75) is 38.8 Å². The quantitative estimate of drug-likeness (QED) is 0.730. The molecule has 1 fully saturated rings. The van der Waals surface area contributed by atoms with Gasteiger partial charge in [0.2, 0.25) is 5.91 Å². The molecule has 0 bridgehead atoms. The van der Waals surface area contributed by atoms with Gasteiger partial charge in [-0.05, 0) is 38.4 Å². The van der Waals surface area contributed by atoms with Gasteiger partial charge in [-0.1, -0.05) is 6.92 Å². The predicted molar refractivity (Wildman–Crippen MR) is 105 cm³/mol. The third-order valence-corrected chi connectivity index (χ3v) is 5.50. The molecular weight excluding hydrogens is 362 g/mol. The number of piperidine rings is 1. The number of benzene rings is 1. The molecule has 0 spiro atoms. The van der Waals surface area contributed by atoms with Crippen molar-refractivity contribution in [2.24, 2.45) is 0 Å². The van der Waals surface area contributed by atoms with Gasteiger partial charge < -0.3 is 19.9 Å². The zero-order valence-electron chi connectivity index (χ0n) is 16.5. The highest BCUT2D eigenvalue weighted by Crippen LogP contribution is 2.32. The van der Waals surface area contributed by atoms with Crippen molar-refractivity contribution in [2.75, 3.05) is 44.7 Å². The van der Waals surface area contributed by atoms with Crippen molar-refractivity contribution >= 4 is 17.6 Å². The van der Waals surface area contributed by atoms with E-state index in [9.17, 15) is 9.59 Å². The van der Waals surface area contributed by atoms with Gasteiger partial charge in [0.15, 0.2) is 11.5 Å². The molecule has 28 heavy (non-hydrogen) atoms. The van der Waals surface area contributed by atoms with Crippen molar-refractivity contribution < 1.29 is 24.2 Å². The Morgan fingerprint density at radius 3 is 2.57 bits per heavy atom. The lowest BCUT2D eigenvalue weighted by molar-refractivity contribution is -0.139. The molecule has 0 aliphatic carbocycles. The number of likely N-dealkylation sites (N-methyl/N-ethyl adjacent to an activating group) is 1. The summed E-state index contributed by atoms with van der Waals surface area (Å²) < 4.78 is 11.1. The number of nitrogens with one attached hydrogen (secondary N) is 1. The average Bonchev–Trinajstić information content (AvgIpc) is 2.71. The second-order valence-corrected chi connectivity index (χ2v) is 7.25. The Kier molecular flexibility index (Phi) is 6.74. The molecule has 0 radical (unpaired) electrons. The summed E-state index contributed by atoms with van der Waals surface area (Å²) in [5.74, 6) is 0.487. The largest absolute Gasteiger partial charge is 0.486 e. The van der Waals surface area contributed by atoms with Crippen molar-refractivity contribution in [1.82, 2.24) is 9.80 Å². The van der Waals surface area contributed by atoms with E-state index in [-0.39, 0.29) is 24.5 Å². The maximum Gasteiger partial charge on any atom is 0.317 e. The first-order valence-corrected chi connectivity index (χ1v) is 9.88. The fourth-order valence-corrected chi connectivity index (χ4v) is 3.84. The number of carboxylic acids is 1. The number of carboxylic acid groups (broad SMARTS) is 1. The smallest absolute Gasteiger partial charge is 0.317 e. The molecule has 0 aromatic heterocycles. The SMILES string of the molecule is CCN(CC(=O)O)C1CCN(C(C)C(=O)Nc2ccc3c(c2)OCCO3)CC1. The molecule has 0 saturated carbocycles. The molecule has 1 aromatic rings. The van der Waals surface area contributed by atoms with Crippen LogP contribution in [0.1, 0.15) is 26.7 Å². The molecule has 1 aromatic carbocycles. The van der Waals surface area contributed by atoms with Crippen molar-refractivity contribution in [3.63, 3.8) is 0 Å². The number of amides is 1. The molecule has 8 nitrogen and oxygen atoms in total. The van der Waals surface area contributed by atoms with Crippen LogP contribution in [-0.2, 0) is 9.59 Å². The number of likely N-dealkylation sites (tertiary alicyclic amines) is 1. The first-order valence-electron chi connectivity index (χ1n) is 9.88. The lowest BCUT2D eigenvalue weighted by Crippen LogP contribution is -2.51. The topological polar surface area (TPSA) is 91.3 Å². The monoisotopic (exact) mass is 391 g/mol. The van der Waals surface area contributed by atoms with Crippen LogP contribution in [0.25, 0.3) is 0 Å². The Bertz CT molecular complexity index is 703. The van der Waals surface area contributed by atoms with Crippen LogP contribution in [0.2, 0.25) is 0 Å². The van der Waals surface area contributed by atoms with E-state index in [4.69, 9.17) is 14.6 Å². The van der Waals surface area contributed by atoms with Crippen molar-refractivity contribution in [3.8, 4) is 11.5 Å². The summed E-state index contributed by atoms with van der Waals surface area (Å²) >= 11 is 0. The highest BCUT2D eigenvalue weighted by Gasteiger charge is 2.29. The van der Waals surface area contributed by atoms with E-state index in [1.807, 2.05) is 30.9 Å².